The van der Waals surface area contributed by atoms with E-state index in [1.54, 1.807) is 23.1 Å². The van der Waals surface area contributed by atoms with Crippen molar-refractivity contribution in [3.8, 4) is 0 Å². The number of hydrogen-bond acceptors (Lipinski definition) is 2. The van der Waals surface area contributed by atoms with Crippen LogP contribution in [0.5, 0.6) is 0 Å². The van der Waals surface area contributed by atoms with Crippen LogP contribution < -0.4 is 10.6 Å². The Kier molecular flexibility index (Phi) is 5.91. The summed E-state index contributed by atoms with van der Waals surface area (Å²) < 4.78 is 0. The number of rotatable bonds is 3. The maximum atomic E-state index is 12.3. The molecule has 0 saturated carbocycles. The number of anilines is 1. The zero-order valence-electron chi connectivity index (χ0n) is 12.4. The first-order chi connectivity index (χ1) is 10.5. The number of piperidine rings is 1. The van der Waals surface area contributed by atoms with Crippen LogP contribution in [0.4, 0.5) is 10.5 Å². The molecule has 2 N–H and O–H groups in total. The van der Waals surface area contributed by atoms with Gasteiger partial charge in [0.05, 0.1) is 10.7 Å². The van der Waals surface area contributed by atoms with Crippen molar-refractivity contribution in [2.24, 2.45) is 0 Å². The number of likely N-dealkylation sites (tertiary alicyclic amines) is 1. The lowest BCUT2D eigenvalue weighted by molar-refractivity contribution is -0.121. The minimum atomic E-state index is -0.236. The zero-order chi connectivity index (χ0) is 16.1. The van der Waals surface area contributed by atoms with Gasteiger partial charge in [-0.05, 0) is 31.0 Å². The van der Waals surface area contributed by atoms with Gasteiger partial charge in [0.25, 0.3) is 0 Å². The Morgan fingerprint density at radius 2 is 2.14 bits per heavy atom. The molecule has 0 aliphatic carbocycles. The minimum Gasteiger partial charge on any atom is -0.352 e. The molecule has 1 aromatic rings. The Labute approximate surface area is 139 Å². The molecular weight excluding hydrogens is 325 g/mol. The second kappa shape index (κ2) is 7.70. The second-order valence-electron chi connectivity index (χ2n) is 5.26. The van der Waals surface area contributed by atoms with Gasteiger partial charge in [-0.25, -0.2) is 4.79 Å². The molecule has 1 aliphatic heterocycles. The van der Waals surface area contributed by atoms with Gasteiger partial charge >= 0.3 is 6.03 Å². The first kappa shape index (κ1) is 16.9. The fourth-order valence-corrected chi connectivity index (χ4v) is 2.73. The summed E-state index contributed by atoms with van der Waals surface area (Å²) in [4.78, 5) is 25.5. The number of nitrogens with zero attached hydrogens (tertiary/aromatic N) is 1. The molecule has 1 atom stereocenters. The summed E-state index contributed by atoms with van der Waals surface area (Å²) in [5.41, 5.74) is 0.485. The van der Waals surface area contributed by atoms with E-state index in [4.69, 9.17) is 23.2 Å². The number of benzene rings is 1. The molecule has 1 fully saturated rings. The smallest absolute Gasteiger partial charge is 0.321 e. The highest BCUT2D eigenvalue weighted by atomic mass is 35.5. The first-order valence-electron chi connectivity index (χ1n) is 7.30. The molecule has 22 heavy (non-hydrogen) atoms. The number of hydrogen-bond donors (Lipinski definition) is 2. The van der Waals surface area contributed by atoms with E-state index >= 15 is 0 Å². The molecule has 1 heterocycles. The Hall–Kier alpha value is -1.46. The zero-order valence-corrected chi connectivity index (χ0v) is 13.9. The van der Waals surface area contributed by atoms with Crippen LogP contribution in [0.1, 0.15) is 26.2 Å². The Morgan fingerprint density at radius 3 is 2.86 bits per heavy atom. The highest BCUT2D eigenvalue weighted by Gasteiger charge is 2.24. The summed E-state index contributed by atoms with van der Waals surface area (Å²) in [6.07, 6.45) is 2.18. The summed E-state index contributed by atoms with van der Waals surface area (Å²) in [5, 5.41) is 6.64. The lowest BCUT2D eigenvalue weighted by Gasteiger charge is -2.33. The van der Waals surface area contributed by atoms with Crippen molar-refractivity contribution in [3.63, 3.8) is 0 Å². The molecule has 0 unspecified atom stereocenters. The van der Waals surface area contributed by atoms with Crippen LogP contribution in [-0.4, -0.2) is 36.0 Å². The average molecular weight is 344 g/mol. The monoisotopic (exact) mass is 343 g/mol. The topological polar surface area (TPSA) is 61.4 Å². The van der Waals surface area contributed by atoms with Gasteiger partial charge in [0.15, 0.2) is 0 Å². The molecule has 5 nitrogen and oxygen atoms in total. The maximum Gasteiger partial charge on any atom is 0.321 e. The van der Waals surface area contributed by atoms with Crippen LogP contribution in [0.15, 0.2) is 18.2 Å². The molecule has 1 aliphatic rings. The fraction of sp³-hybridized carbons (Fsp3) is 0.467. The number of carbonyl (C=O) groups excluding carboxylic acids is 2. The van der Waals surface area contributed by atoms with Gasteiger partial charge in [0.1, 0.15) is 0 Å². The van der Waals surface area contributed by atoms with Crippen LogP contribution in [0.25, 0.3) is 0 Å². The van der Waals surface area contributed by atoms with Crippen molar-refractivity contribution in [2.75, 3.05) is 18.4 Å². The molecule has 0 aromatic heterocycles. The van der Waals surface area contributed by atoms with Gasteiger partial charge in [-0.3, -0.25) is 4.79 Å². The number of halogens is 2. The lowest BCUT2D eigenvalue weighted by Crippen LogP contribution is -2.50. The van der Waals surface area contributed by atoms with Gasteiger partial charge in [-0.15, -0.1) is 0 Å². The van der Waals surface area contributed by atoms with E-state index in [0.29, 0.717) is 35.2 Å². The van der Waals surface area contributed by atoms with Crippen molar-refractivity contribution in [1.82, 2.24) is 10.2 Å². The van der Waals surface area contributed by atoms with Crippen molar-refractivity contribution in [1.29, 1.82) is 0 Å². The van der Waals surface area contributed by atoms with Gasteiger partial charge in [-0.1, -0.05) is 30.1 Å². The first-order valence-corrected chi connectivity index (χ1v) is 8.05. The van der Waals surface area contributed by atoms with Gasteiger partial charge < -0.3 is 15.5 Å². The molecule has 2 rings (SSSR count). The summed E-state index contributed by atoms with van der Waals surface area (Å²) in [5.74, 6) is 0.00476. The summed E-state index contributed by atoms with van der Waals surface area (Å²) >= 11 is 12.0. The van der Waals surface area contributed by atoms with Gasteiger partial charge in [-0.2, -0.15) is 0 Å². The maximum absolute atomic E-state index is 12.3. The quantitative estimate of drug-likeness (QED) is 0.881. The average Bonchev–Trinajstić information content (AvgIpc) is 2.51. The molecule has 1 aromatic carbocycles. The molecule has 0 bridgehead atoms. The fourth-order valence-electron chi connectivity index (χ4n) is 2.40. The van der Waals surface area contributed by atoms with Crippen molar-refractivity contribution in [3.05, 3.63) is 28.2 Å². The Bertz CT molecular complexity index is 566. The van der Waals surface area contributed by atoms with E-state index in [-0.39, 0.29) is 18.0 Å². The summed E-state index contributed by atoms with van der Waals surface area (Å²) in [6.45, 7) is 2.96. The third kappa shape index (κ3) is 4.52. The minimum absolute atomic E-state index is 0.00165. The molecule has 7 heteroatoms. The number of amides is 3. The molecular formula is C15H19Cl2N3O2. The van der Waals surface area contributed by atoms with Crippen molar-refractivity contribution in [2.45, 2.75) is 32.2 Å². The second-order valence-corrected chi connectivity index (χ2v) is 6.10. The lowest BCUT2D eigenvalue weighted by atomic mass is 10.1. The summed E-state index contributed by atoms with van der Waals surface area (Å²) in [6, 6.07) is 4.68. The number of nitrogens with one attached hydrogen (secondary N) is 2. The van der Waals surface area contributed by atoms with Crippen LogP contribution >= 0.6 is 23.2 Å². The predicted octanol–water partition coefficient (Wildman–Crippen LogP) is 3.52. The number of carbonyl (C=O) groups is 2. The standard InChI is InChI=1S/C15H19Cl2N3O2/c1-2-14(21)18-11-4-3-7-20(9-11)15(22)19-13-8-10(16)5-6-12(13)17/h5-6,8,11H,2-4,7,9H2,1H3,(H,18,21)(H,19,22)/t11-/m1/s1. The highest BCUT2D eigenvalue weighted by molar-refractivity contribution is 6.35. The van der Waals surface area contributed by atoms with E-state index in [0.717, 1.165) is 12.8 Å². The molecule has 120 valence electrons. The van der Waals surface area contributed by atoms with E-state index in [1.807, 2.05) is 6.92 Å². The van der Waals surface area contributed by atoms with E-state index < -0.39 is 0 Å². The van der Waals surface area contributed by atoms with E-state index in [2.05, 4.69) is 10.6 Å². The SMILES string of the molecule is CCC(=O)N[C@@H]1CCCN(C(=O)Nc2cc(Cl)ccc2Cl)C1. The Morgan fingerprint density at radius 1 is 1.36 bits per heavy atom. The number of urea groups is 1. The van der Waals surface area contributed by atoms with E-state index in [9.17, 15) is 9.59 Å². The van der Waals surface area contributed by atoms with Crippen molar-refractivity contribution < 1.29 is 9.59 Å². The largest absolute Gasteiger partial charge is 0.352 e. The van der Waals surface area contributed by atoms with Gasteiger partial charge in [0, 0.05) is 30.6 Å². The van der Waals surface area contributed by atoms with Crippen LogP contribution in [0.3, 0.4) is 0 Å². The van der Waals surface area contributed by atoms with Crippen LogP contribution in [-0.2, 0) is 4.79 Å². The van der Waals surface area contributed by atoms with E-state index in [1.165, 1.54) is 0 Å². The van der Waals surface area contributed by atoms with Crippen LogP contribution in [0.2, 0.25) is 10.0 Å². The predicted molar refractivity (Wildman–Crippen MR) is 88.5 cm³/mol. The molecule has 0 spiro atoms. The van der Waals surface area contributed by atoms with Crippen molar-refractivity contribution >= 4 is 40.8 Å². The highest BCUT2D eigenvalue weighted by Crippen LogP contribution is 2.26. The Balaban J connectivity index is 1.97. The molecule has 3 amide bonds. The third-order valence-corrected chi connectivity index (χ3v) is 4.13. The normalized spacial score (nSPS) is 18.0. The molecule has 1 saturated heterocycles. The summed E-state index contributed by atoms with van der Waals surface area (Å²) in [7, 11) is 0. The third-order valence-electron chi connectivity index (χ3n) is 3.56. The van der Waals surface area contributed by atoms with Gasteiger partial charge in [0.2, 0.25) is 5.91 Å². The molecule has 0 radical (unpaired) electrons. The van der Waals surface area contributed by atoms with Crippen LogP contribution in [0, 0.1) is 0 Å².